The number of carbonyl (C=O) groups is 2. The maximum absolute atomic E-state index is 12.9. The van der Waals surface area contributed by atoms with E-state index in [1.807, 2.05) is 6.08 Å². The van der Waals surface area contributed by atoms with Gasteiger partial charge in [0, 0.05) is 11.8 Å². The average molecular weight is 472 g/mol. The van der Waals surface area contributed by atoms with Crippen LogP contribution in [0, 0.1) is 35.0 Å². The van der Waals surface area contributed by atoms with E-state index in [1.54, 1.807) is 0 Å². The van der Waals surface area contributed by atoms with Crippen LogP contribution in [-0.4, -0.2) is 26.3 Å². The first-order valence-corrected chi connectivity index (χ1v) is 13.7. The molecule has 7 atom stereocenters. The van der Waals surface area contributed by atoms with Crippen LogP contribution in [0.2, 0.25) is 0 Å². The molecule has 2 N–H and O–H groups in total. The Morgan fingerprint density at radius 2 is 1.85 bits per heavy atom. The molecule has 178 valence electrons. The number of primary sulfonamides is 1. The fourth-order valence-electron chi connectivity index (χ4n) is 7.71. The smallest absolute Gasteiger partial charge is 0.338 e. The quantitative estimate of drug-likeness (QED) is 0.664. The van der Waals surface area contributed by atoms with Crippen LogP contribution >= 0.6 is 0 Å². The van der Waals surface area contributed by atoms with Gasteiger partial charge in [-0.2, -0.15) is 0 Å². The number of hydrogen-bond donors (Lipinski definition) is 1. The molecule has 3 saturated carbocycles. The van der Waals surface area contributed by atoms with E-state index < -0.39 is 16.0 Å². The third-order valence-corrected chi connectivity index (χ3v) is 10.2. The van der Waals surface area contributed by atoms with Gasteiger partial charge < -0.3 is 4.74 Å². The van der Waals surface area contributed by atoms with E-state index in [2.05, 4.69) is 13.8 Å². The Labute approximate surface area is 196 Å². The molecule has 1 aromatic rings. The van der Waals surface area contributed by atoms with Crippen LogP contribution in [0.5, 0.6) is 0 Å². The second-order valence-corrected chi connectivity index (χ2v) is 12.5. The lowest BCUT2D eigenvalue weighted by atomic mass is 9.49. The van der Waals surface area contributed by atoms with Crippen molar-refractivity contribution in [1.82, 2.24) is 0 Å². The number of ether oxygens (including phenoxy) is 1. The standard InChI is InChI=1S/C26H33NO5S/c1-15-13-17-14-18(28)5-8-20(17)21-11-12-26(2)22(24(15)21)9-10-23(26)32-25(29)16-3-6-19(7-4-16)33(27,30)31/h3-4,6-7,14-15,20-24H,5,8-13H2,1-2H3,(H2,27,30,31)/t15?,20?,21?,22?,23-,24?,26-/m0/s1. The molecule has 0 heterocycles. The molecule has 3 fully saturated rings. The second-order valence-electron chi connectivity index (χ2n) is 10.9. The number of rotatable bonds is 3. The first-order chi connectivity index (χ1) is 15.6. The molecule has 1 aromatic carbocycles. The summed E-state index contributed by atoms with van der Waals surface area (Å²) >= 11 is 0. The van der Waals surface area contributed by atoms with Gasteiger partial charge in [0.25, 0.3) is 0 Å². The van der Waals surface area contributed by atoms with Gasteiger partial charge >= 0.3 is 5.97 Å². The number of allylic oxidation sites excluding steroid dienone is 1. The lowest BCUT2D eigenvalue weighted by Crippen LogP contribution is -2.50. The van der Waals surface area contributed by atoms with Crippen molar-refractivity contribution in [3.8, 4) is 0 Å². The fourth-order valence-corrected chi connectivity index (χ4v) is 8.23. The van der Waals surface area contributed by atoms with Gasteiger partial charge in [0.05, 0.1) is 10.5 Å². The average Bonchev–Trinajstić information content (AvgIpc) is 3.09. The molecule has 4 aliphatic rings. The first-order valence-electron chi connectivity index (χ1n) is 12.1. The van der Waals surface area contributed by atoms with Gasteiger partial charge in [0.1, 0.15) is 6.10 Å². The molecule has 0 bridgehead atoms. The summed E-state index contributed by atoms with van der Waals surface area (Å²) in [6.45, 7) is 4.64. The molecular formula is C26H33NO5S. The van der Waals surface area contributed by atoms with E-state index in [9.17, 15) is 18.0 Å². The number of nitrogens with two attached hydrogens (primary N) is 1. The molecule has 5 rings (SSSR count). The van der Waals surface area contributed by atoms with Gasteiger partial charge in [-0.05, 0) is 98.5 Å². The Morgan fingerprint density at radius 3 is 2.55 bits per heavy atom. The molecule has 0 aliphatic heterocycles. The number of fused-ring (bicyclic) bond motifs is 5. The fraction of sp³-hybridized carbons (Fsp3) is 0.615. The van der Waals surface area contributed by atoms with E-state index in [0.717, 1.165) is 38.5 Å². The van der Waals surface area contributed by atoms with Crippen molar-refractivity contribution in [3.05, 3.63) is 41.5 Å². The zero-order valence-corrected chi connectivity index (χ0v) is 20.1. The Balaban J connectivity index is 1.33. The van der Waals surface area contributed by atoms with Crippen molar-refractivity contribution in [3.63, 3.8) is 0 Å². The van der Waals surface area contributed by atoms with E-state index in [-0.39, 0.29) is 22.2 Å². The molecule has 5 unspecified atom stereocenters. The van der Waals surface area contributed by atoms with Crippen molar-refractivity contribution in [2.45, 2.75) is 69.8 Å². The summed E-state index contributed by atoms with van der Waals surface area (Å²) in [5.41, 5.74) is 1.68. The lowest BCUT2D eigenvalue weighted by Gasteiger charge is -2.55. The second kappa shape index (κ2) is 8.05. The Hall–Kier alpha value is -1.99. The number of benzene rings is 1. The topological polar surface area (TPSA) is 104 Å². The Morgan fingerprint density at radius 1 is 1.12 bits per heavy atom. The number of esters is 1. The molecule has 0 radical (unpaired) electrons. The number of sulfonamides is 1. The summed E-state index contributed by atoms with van der Waals surface area (Å²) < 4.78 is 29.0. The van der Waals surface area contributed by atoms with Crippen LogP contribution in [0.25, 0.3) is 0 Å². The predicted molar refractivity (Wildman–Crippen MR) is 124 cm³/mol. The third kappa shape index (κ3) is 3.87. The Bertz CT molecular complexity index is 1110. The molecule has 4 aliphatic carbocycles. The normalized spacial score (nSPS) is 38.0. The summed E-state index contributed by atoms with van der Waals surface area (Å²) in [5, 5.41) is 5.15. The molecule has 6 nitrogen and oxygen atoms in total. The maximum Gasteiger partial charge on any atom is 0.338 e. The van der Waals surface area contributed by atoms with Crippen molar-refractivity contribution >= 4 is 21.8 Å². The molecule has 7 heteroatoms. The van der Waals surface area contributed by atoms with Crippen molar-refractivity contribution in [2.24, 2.45) is 40.1 Å². The van der Waals surface area contributed by atoms with Crippen LogP contribution in [0.3, 0.4) is 0 Å². The zero-order valence-electron chi connectivity index (χ0n) is 19.3. The van der Waals surface area contributed by atoms with E-state index in [0.29, 0.717) is 41.6 Å². The zero-order chi connectivity index (χ0) is 23.5. The summed E-state index contributed by atoms with van der Waals surface area (Å²) in [6.07, 6.45) is 8.58. The minimum Gasteiger partial charge on any atom is -0.458 e. The number of hydrogen-bond acceptors (Lipinski definition) is 5. The maximum atomic E-state index is 12.9. The van der Waals surface area contributed by atoms with Crippen molar-refractivity contribution in [1.29, 1.82) is 0 Å². The molecule has 0 saturated heterocycles. The highest BCUT2D eigenvalue weighted by molar-refractivity contribution is 7.89. The summed E-state index contributed by atoms with van der Waals surface area (Å²) in [6, 6.07) is 5.63. The van der Waals surface area contributed by atoms with Crippen LogP contribution < -0.4 is 5.14 Å². The van der Waals surface area contributed by atoms with Gasteiger partial charge in [0.2, 0.25) is 10.0 Å². The largest absolute Gasteiger partial charge is 0.458 e. The SMILES string of the molecule is CC1CC2=CC(=O)CCC2C2CC[C@@]3(C)C(CC[C@@H]3OC(=O)c3ccc(S(N)(=O)=O)cc3)C12. The number of carbonyl (C=O) groups excluding carboxylic acids is 2. The van der Waals surface area contributed by atoms with Gasteiger partial charge in [-0.25, -0.2) is 18.4 Å². The molecule has 0 amide bonds. The van der Waals surface area contributed by atoms with E-state index in [1.165, 1.54) is 29.8 Å². The minimum atomic E-state index is -3.80. The van der Waals surface area contributed by atoms with Crippen molar-refractivity contribution < 1.29 is 22.7 Å². The van der Waals surface area contributed by atoms with Gasteiger partial charge in [-0.3, -0.25) is 4.79 Å². The molecule has 0 aromatic heterocycles. The van der Waals surface area contributed by atoms with Crippen molar-refractivity contribution in [2.75, 3.05) is 0 Å². The number of ketones is 1. The van der Waals surface area contributed by atoms with E-state index in [4.69, 9.17) is 9.88 Å². The monoisotopic (exact) mass is 471 g/mol. The van der Waals surface area contributed by atoms with Crippen LogP contribution in [0.1, 0.15) is 69.2 Å². The predicted octanol–water partition coefficient (Wildman–Crippen LogP) is 4.25. The lowest BCUT2D eigenvalue weighted by molar-refractivity contribution is -0.116. The minimum absolute atomic E-state index is 0.0191. The summed E-state index contributed by atoms with van der Waals surface area (Å²) in [4.78, 5) is 24.9. The van der Waals surface area contributed by atoms with Crippen LogP contribution in [0.15, 0.2) is 40.8 Å². The summed E-state index contributed by atoms with van der Waals surface area (Å²) in [7, 11) is -3.80. The molecular weight excluding hydrogens is 438 g/mol. The van der Waals surface area contributed by atoms with Gasteiger partial charge in [-0.15, -0.1) is 0 Å². The highest BCUT2D eigenvalue weighted by Gasteiger charge is 2.59. The highest BCUT2D eigenvalue weighted by Crippen LogP contribution is 2.63. The highest BCUT2D eigenvalue weighted by atomic mass is 32.2. The van der Waals surface area contributed by atoms with Crippen LogP contribution in [-0.2, 0) is 19.6 Å². The van der Waals surface area contributed by atoms with Crippen LogP contribution in [0.4, 0.5) is 0 Å². The van der Waals surface area contributed by atoms with Gasteiger partial charge in [0.15, 0.2) is 5.78 Å². The third-order valence-electron chi connectivity index (χ3n) is 9.22. The molecule has 33 heavy (non-hydrogen) atoms. The summed E-state index contributed by atoms with van der Waals surface area (Å²) in [5.74, 6) is 2.73. The first kappa shape index (κ1) is 22.8. The Kier molecular flexibility index (Phi) is 5.56. The van der Waals surface area contributed by atoms with Gasteiger partial charge in [-0.1, -0.05) is 19.4 Å². The molecule has 0 spiro atoms. The van der Waals surface area contributed by atoms with E-state index >= 15 is 0 Å².